The van der Waals surface area contributed by atoms with Crippen LogP contribution in [0.4, 0.5) is 10.3 Å². The SMILES string of the molecule is O=P(O)(O)Oc1cccc(-c2nc3occn3c2-c2ccnc(NC3CCN(S(=O)(=O)c4ccc(F)cc4)CC3)n2)c1. The van der Waals surface area contributed by atoms with E-state index in [2.05, 4.69) is 20.3 Å². The summed E-state index contributed by atoms with van der Waals surface area (Å²) in [6.07, 6.45) is 5.73. The van der Waals surface area contributed by atoms with E-state index in [1.807, 2.05) is 0 Å². The van der Waals surface area contributed by atoms with Gasteiger partial charge in [0.05, 0.1) is 10.6 Å². The van der Waals surface area contributed by atoms with Gasteiger partial charge in [0, 0.05) is 37.1 Å². The summed E-state index contributed by atoms with van der Waals surface area (Å²) in [6, 6.07) is 12.5. The number of piperidine rings is 1. The summed E-state index contributed by atoms with van der Waals surface area (Å²) in [5.74, 6) is 0.0757. The van der Waals surface area contributed by atoms with Gasteiger partial charge < -0.3 is 14.3 Å². The minimum atomic E-state index is -4.76. The number of hydrogen-bond acceptors (Lipinski definition) is 9. The lowest BCUT2D eigenvalue weighted by atomic mass is 10.1. The van der Waals surface area contributed by atoms with E-state index >= 15 is 0 Å². The number of aromatic nitrogens is 4. The molecule has 13 nitrogen and oxygen atoms in total. The molecule has 42 heavy (non-hydrogen) atoms. The van der Waals surface area contributed by atoms with Crippen LogP contribution in [0.5, 0.6) is 5.75 Å². The van der Waals surface area contributed by atoms with Crippen molar-refractivity contribution in [2.75, 3.05) is 18.4 Å². The molecule has 0 amide bonds. The molecule has 3 aromatic heterocycles. The number of nitrogens with zero attached hydrogens (tertiary/aromatic N) is 5. The Hall–Kier alpha value is -4.14. The summed E-state index contributed by atoms with van der Waals surface area (Å²) in [6.45, 7) is 0.541. The molecule has 0 spiro atoms. The average molecular weight is 615 g/mol. The fourth-order valence-electron chi connectivity index (χ4n) is 4.81. The molecule has 4 heterocycles. The van der Waals surface area contributed by atoms with Gasteiger partial charge in [-0.1, -0.05) is 12.1 Å². The van der Waals surface area contributed by atoms with E-state index in [0.717, 1.165) is 12.1 Å². The molecule has 0 bridgehead atoms. The summed E-state index contributed by atoms with van der Waals surface area (Å²) >= 11 is 0. The zero-order valence-corrected chi connectivity index (χ0v) is 23.5. The highest BCUT2D eigenvalue weighted by Gasteiger charge is 2.30. The zero-order valence-electron chi connectivity index (χ0n) is 21.7. The maximum atomic E-state index is 13.3. The Bertz CT molecular complexity index is 1900. The Morgan fingerprint density at radius 2 is 1.83 bits per heavy atom. The van der Waals surface area contributed by atoms with E-state index in [1.165, 1.54) is 34.8 Å². The smallest absolute Gasteiger partial charge is 0.432 e. The Morgan fingerprint density at radius 3 is 2.57 bits per heavy atom. The van der Waals surface area contributed by atoms with E-state index in [1.54, 1.807) is 35.0 Å². The van der Waals surface area contributed by atoms with Gasteiger partial charge in [0.1, 0.15) is 29.2 Å². The third-order valence-corrected chi connectivity index (χ3v) is 9.09. The molecule has 5 aromatic rings. The third-order valence-electron chi connectivity index (χ3n) is 6.73. The predicted molar refractivity (Wildman–Crippen MR) is 148 cm³/mol. The van der Waals surface area contributed by atoms with Gasteiger partial charge in [-0.2, -0.15) is 9.29 Å². The second-order valence-electron chi connectivity index (χ2n) is 9.52. The molecule has 6 rings (SSSR count). The first kappa shape index (κ1) is 28.0. The van der Waals surface area contributed by atoms with Crippen molar-refractivity contribution in [2.45, 2.75) is 23.8 Å². The number of sulfonamides is 1. The van der Waals surface area contributed by atoms with Crippen LogP contribution < -0.4 is 9.84 Å². The molecule has 1 aliphatic heterocycles. The number of phosphoric acid groups is 1. The molecule has 1 fully saturated rings. The van der Waals surface area contributed by atoms with E-state index < -0.39 is 23.7 Å². The fourth-order valence-corrected chi connectivity index (χ4v) is 6.67. The quantitative estimate of drug-likeness (QED) is 0.216. The van der Waals surface area contributed by atoms with Crippen molar-refractivity contribution in [2.24, 2.45) is 0 Å². The molecule has 16 heteroatoms. The molecule has 0 radical (unpaired) electrons. The van der Waals surface area contributed by atoms with Crippen LogP contribution in [0.3, 0.4) is 0 Å². The second kappa shape index (κ2) is 10.9. The molecule has 2 aromatic carbocycles. The standard InChI is InChI=1S/C26H24FN6O7PS/c27-18-4-6-21(7-5-18)42(37,38)32-12-9-19(10-13-32)29-25-28-11-8-22(30-25)24-23(31-26-33(24)14-15-39-26)17-2-1-3-20(16-17)40-41(34,35)36/h1-8,11,14-16,19H,9-10,12-13H2,(H,28,29,30)(H2,34,35,36). The topological polar surface area (TPSA) is 172 Å². The highest BCUT2D eigenvalue weighted by atomic mass is 32.2. The first-order chi connectivity index (χ1) is 20.1. The minimum absolute atomic E-state index is 0.0331. The number of fused-ring (bicyclic) bond motifs is 1. The van der Waals surface area contributed by atoms with Gasteiger partial charge in [-0.3, -0.25) is 14.2 Å². The van der Waals surface area contributed by atoms with Gasteiger partial charge >= 0.3 is 13.7 Å². The van der Waals surface area contributed by atoms with Crippen LogP contribution in [0.2, 0.25) is 0 Å². The number of benzene rings is 2. The van der Waals surface area contributed by atoms with Crippen LogP contribution in [-0.4, -0.2) is 61.0 Å². The normalized spacial score (nSPS) is 15.2. The van der Waals surface area contributed by atoms with E-state index in [0.29, 0.717) is 41.4 Å². The van der Waals surface area contributed by atoms with E-state index in [4.69, 9.17) is 8.94 Å². The summed E-state index contributed by atoms with van der Waals surface area (Å²) in [5.41, 5.74) is 2.00. The maximum absolute atomic E-state index is 13.3. The van der Waals surface area contributed by atoms with Gasteiger partial charge in [-0.15, -0.1) is 0 Å². The first-order valence-electron chi connectivity index (χ1n) is 12.7. The third kappa shape index (κ3) is 5.78. The van der Waals surface area contributed by atoms with Gasteiger partial charge in [-0.05, 0) is 55.3 Å². The summed E-state index contributed by atoms with van der Waals surface area (Å²) in [4.78, 5) is 32.0. The highest BCUT2D eigenvalue weighted by Crippen LogP contribution is 2.40. The Kier molecular flexibility index (Phi) is 7.29. The molecule has 1 saturated heterocycles. The molecule has 0 aliphatic carbocycles. The zero-order chi connectivity index (χ0) is 29.5. The molecule has 1 aliphatic rings. The van der Waals surface area contributed by atoms with Gasteiger partial charge in [0.25, 0.3) is 0 Å². The number of halogens is 1. The number of imidazole rings is 1. The average Bonchev–Trinajstić information content (AvgIpc) is 3.55. The lowest BCUT2D eigenvalue weighted by molar-refractivity contribution is 0.283. The van der Waals surface area contributed by atoms with Crippen molar-refractivity contribution < 1.29 is 36.1 Å². The van der Waals surface area contributed by atoms with Crippen LogP contribution >= 0.6 is 7.82 Å². The number of rotatable bonds is 8. The number of nitrogens with one attached hydrogen (secondary N) is 1. The molecular formula is C26H24FN6O7PS. The van der Waals surface area contributed by atoms with Crippen LogP contribution in [0.25, 0.3) is 28.5 Å². The first-order valence-corrected chi connectivity index (χ1v) is 15.7. The lowest BCUT2D eigenvalue weighted by Gasteiger charge is -2.31. The Morgan fingerprint density at radius 1 is 1.07 bits per heavy atom. The number of phosphoric ester groups is 1. The van der Waals surface area contributed by atoms with Crippen molar-refractivity contribution in [3.05, 3.63) is 79.1 Å². The Balaban J connectivity index is 1.22. The second-order valence-corrected chi connectivity index (χ2v) is 12.6. The molecule has 3 N–H and O–H groups in total. The van der Waals surface area contributed by atoms with Crippen molar-refractivity contribution >= 4 is 29.6 Å². The fraction of sp³-hybridized carbons (Fsp3) is 0.192. The molecule has 0 unspecified atom stereocenters. The van der Waals surface area contributed by atoms with Crippen LogP contribution in [0.15, 0.2) is 82.6 Å². The van der Waals surface area contributed by atoms with Crippen molar-refractivity contribution in [1.82, 2.24) is 23.7 Å². The number of hydrogen-bond donors (Lipinski definition) is 3. The van der Waals surface area contributed by atoms with Gasteiger partial charge in [-0.25, -0.2) is 27.3 Å². The minimum Gasteiger partial charge on any atom is -0.432 e. The van der Waals surface area contributed by atoms with Crippen LogP contribution in [-0.2, 0) is 14.6 Å². The van der Waals surface area contributed by atoms with Crippen molar-refractivity contribution in [1.29, 1.82) is 0 Å². The van der Waals surface area contributed by atoms with Gasteiger partial charge in [0.2, 0.25) is 16.0 Å². The van der Waals surface area contributed by atoms with E-state index in [-0.39, 0.29) is 35.6 Å². The molecule has 0 atom stereocenters. The molecular weight excluding hydrogens is 590 g/mol. The van der Waals surface area contributed by atoms with Crippen molar-refractivity contribution in [3.8, 4) is 28.4 Å². The largest absolute Gasteiger partial charge is 0.524 e. The number of oxazole rings is 1. The summed E-state index contributed by atoms with van der Waals surface area (Å²) < 4.78 is 63.8. The lowest BCUT2D eigenvalue weighted by Crippen LogP contribution is -2.42. The maximum Gasteiger partial charge on any atom is 0.524 e. The summed E-state index contributed by atoms with van der Waals surface area (Å²) in [7, 11) is -8.50. The van der Waals surface area contributed by atoms with Crippen LogP contribution in [0.1, 0.15) is 12.8 Å². The monoisotopic (exact) mass is 614 g/mol. The van der Waals surface area contributed by atoms with Crippen molar-refractivity contribution in [3.63, 3.8) is 0 Å². The van der Waals surface area contributed by atoms with Crippen LogP contribution in [0, 0.1) is 5.82 Å². The predicted octanol–water partition coefficient (Wildman–Crippen LogP) is 3.93. The van der Waals surface area contributed by atoms with E-state index in [9.17, 15) is 27.2 Å². The highest BCUT2D eigenvalue weighted by molar-refractivity contribution is 7.89. The number of anilines is 1. The molecule has 0 saturated carbocycles. The molecule has 218 valence electrons. The Labute approximate surface area is 238 Å². The summed E-state index contributed by atoms with van der Waals surface area (Å²) in [5, 5.41) is 3.29. The van der Waals surface area contributed by atoms with Gasteiger partial charge in [0.15, 0.2) is 0 Å².